The Labute approximate surface area is 355 Å². The molecule has 4 saturated heterocycles. The molecule has 6 heterocycles. The molecular weight excluding hydrogens is 807 g/mol. The fourth-order valence-electron chi connectivity index (χ4n) is 11.0. The number of fused-ring (bicyclic) bond motifs is 5. The molecule has 16 heteroatoms. The van der Waals surface area contributed by atoms with Crippen molar-refractivity contribution in [2.45, 2.75) is 120 Å². The number of benzene rings is 2. The quantitative estimate of drug-likeness (QED) is 0.0810. The Morgan fingerprint density at radius 2 is 1.75 bits per heavy atom. The molecule has 3 unspecified atom stereocenters. The average molecular weight is 863 g/mol. The van der Waals surface area contributed by atoms with Crippen LogP contribution in [0, 0.1) is 17.3 Å². The Kier molecular flexibility index (Phi) is 11.8. The summed E-state index contributed by atoms with van der Waals surface area (Å²) in [6.07, 6.45) is 0.446. The Hall–Kier alpha value is -4.14. The number of amides is 1. The van der Waals surface area contributed by atoms with Gasteiger partial charge >= 0.3 is 12.1 Å². The molecule has 12 nitrogen and oxygen atoms in total. The summed E-state index contributed by atoms with van der Waals surface area (Å²) in [5.74, 6) is 3.77. The predicted octanol–water partition coefficient (Wildman–Crippen LogP) is 8.30. The number of halogens is 2. The number of thiazole rings is 1. The molecule has 60 heavy (non-hydrogen) atoms. The van der Waals surface area contributed by atoms with Gasteiger partial charge in [0.2, 0.25) is 0 Å². The van der Waals surface area contributed by atoms with Crippen molar-refractivity contribution in [2.24, 2.45) is 0 Å². The van der Waals surface area contributed by atoms with Crippen LogP contribution in [0.25, 0.3) is 21.1 Å². The number of carbonyl (C=O) groups is 1. The first-order chi connectivity index (χ1) is 28.6. The molecule has 4 fully saturated rings. The van der Waals surface area contributed by atoms with Crippen molar-refractivity contribution in [1.82, 2.24) is 24.8 Å². The molecule has 4 aromatic rings. The van der Waals surface area contributed by atoms with E-state index in [9.17, 15) is 19.4 Å². The molecule has 0 aliphatic carbocycles. The van der Waals surface area contributed by atoms with Gasteiger partial charge in [-0.15, -0.1) is 5.54 Å². The van der Waals surface area contributed by atoms with Gasteiger partial charge in [-0.3, -0.25) is 9.80 Å². The molecule has 2 aromatic heterocycles. The molecule has 8 rings (SSSR count). The minimum Gasteiger partial charge on any atom is -0.468 e. The largest absolute Gasteiger partial charge is 0.468 e. The molecule has 0 saturated carbocycles. The van der Waals surface area contributed by atoms with Gasteiger partial charge in [0.25, 0.3) is 0 Å². The SMILES string of the molecule is COCOc1cc(C(O)c2nc3c(N4CC5CCC(C4)N5C(=O)O)nc(OC[C@@]45CCCN4C[C@H](F)C5)nc3s2)c2c(C#C[Si](C(C)C)(C(C)C)C(C)C)c(F)ccc2c1. The smallest absolute Gasteiger partial charge is 0.407 e. The molecule has 4 aliphatic heterocycles. The Morgan fingerprint density at radius 3 is 2.42 bits per heavy atom. The highest BCUT2D eigenvalue weighted by atomic mass is 32.1. The fourth-order valence-corrected chi connectivity index (χ4v) is 17.1. The summed E-state index contributed by atoms with van der Waals surface area (Å²) in [5.41, 5.74) is 5.26. The van der Waals surface area contributed by atoms with E-state index in [1.54, 1.807) is 23.1 Å². The maximum atomic E-state index is 16.2. The summed E-state index contributed by atoms with van der Waals surface area (Å²) in [6.45, 7) is 15.5. The number of piperazine rings is 1. The number of carboxylic acid groups (broad SMARTS) is 1. The number of alkyl halides is 1. The summed E-state index contributed by atoms with van der Waals surface area (Å²) in [7, 11) is -0.760. The standard InChI is InChI=1S/C44H56F2N6O6SSi/c1-25(2)60(26(3)4,27(5)6)16-13-33-35(46)12-9-28-17-32(58-24-56-7)18-34(36(28)33)38(53)41-47-37-39(50-21-30-10-11-31(22-50)52(30)43(54)55)48-42(49-40(37)59-41)57-23-44-14-8-15-51(44)20-29(45)19-44/h9,12,17-18,25-27,29-31,38,53H,8,10-11,14-15,19-24H2,1-7H3,(H,54,55)/t29-,30?,31?,38?,44+/m1/s1. The van der Waals surface area contributed by atoms with Crippen molar-refractivity contribution < 1.29 is 38.0 Å². The normalized spacial score (nSPS) is 23.6. The molecular formula is C44H56F2N6O6SSi. The summed E-state index contributed by atoms with van der Waals surface area (Å²) in [6, 6.07) is 6.25. The van der Waals surface area contributed by atoms with E-state index in [1.165, 1.54) is 24.5 Å². The van der Waals surface area contributed by atoms with Crippen LogP contribution in [0.2, 0.25) is 16.6 Å². The van der Waals surface area contributed by atoms with E-state index < -0.39 is 37.8 Å². The first-order valence-electron chi connectivity index (χ1n) is 21.2. The molecule has 5 atom stereocenters. The van der Waals surface area contributed by atoms with Gasteiger partial charge in [-0.05, 0) is 72.4 Å². The van der Waals surface area contributed by atoms with Crippen molar-refractivity contribution in [3.63, 3.8) is 0 Å². The van der Waals surface area contributed by atoms with Crippen LogP contribution in [0.1, 0.15) is 95.9 Å². The van der Waals surface area contributed by atoms with Gasteiger partial charge in [0.15, 0.2) is 17.4 Å². The number of hydrogen-bond donors (Lipinski definition) is 2. The minimum atomic E-state index is -2.28. The van der Waals surface area contributed by atoms with Crippen LogP contribution < -0.4 is 14.4 Å². The monoisotopic (exact) mass is 862 g/mol. The zero-order valence-electron chi connectivity index (χ0n) is 35.5. The number of aromatic nitrogens is 3. The van der Waals surface area contributed by atoms with Crippen LogP contribution in [0.3, 0.4) is 0 Å². The van der Waals surface area contributed by atoms with E-state index >= 15 is 4.39 Å². The second-order valence-electron chi connectivity index (χ2n) is 18.0. The van der Waals surface area contributed by atoms with Crippen LogP contribution in [-0.4, -0.2) is 120 Å². The first-order valence-corrected chi connectivity index (χ1v) is 24.3. The van der Waals surface area contributed by atoms with Crippen molar-refractivity contribution in [2.75, 3.05) is 51.6 Å². The number of anilines is 1. The number of aliphatic hydroxyl groups excluding tert-OH is 1. The van der Waals surface area contributed by atoms with Gasteiger partial charge < -0.3 is 29.3 Å². The van der Waals surface area contributed by atoms with Crippen molar-refractivity contribution in [3.05, 3.63) is 46.2 Å². The summed E-state index contributed by atoms with van der Waals surface area (Å²) >= 11 is 1.18. The lowest BCUT2D eigenvalue weighted by molar-refractivity contribution is 0.0510. The highest BCUT2D eigenvalue weighted by Crippen LogP contribution is 2.44. The zero-order chi connectivity index (χ0) is 42.7. The van der Waals surface area contributed by atoms with Gasteiger partial charge in [0.05, 0.1) is 23.2 Å². The van der Waals surface area contributed by atoms with Crippen LogP contribution in [0.15, 0.2) is 24.3 Å². The van der Waals surface area contributed by atoms with E-state index in [0.717, 1.165) is 32.2 Å². The lowest BCUT2D eigenvalue weighted by atomic mass is 9.95. The van der Waals surface area contributed by atoms with E-state index in [2.05, 4.69) is 57.9 Å². The maximum Gasteiger partial charge on any atom is 0.407 e. The molecule has 2 N–H and O–H groups in total. The Bertz CT molecular complexity index is 2300. The van der Waals surface area contributed by atoms with Crippen molar-refractivity contribution >= 4 is 52.4 Å². The number of hydrogen-bond acceptors (Lipinski definition) is 11. The third kappa shape index (κ3) is 7.48. The first kappa shape index (κ1) is 42.5. The van der Waals surface area contributed by atoms with Crippen LogP contribution in [-0.2, 0) is 4.74 Å². The molecule has 1 amide bonds. The molecule has 4 aliphatic rings. The third-order valence-electron chi connectivity index (χ3n) is 13.7. The highest BCUT2D eigenvalue weighted by Gasteiger charge is 2.50. The summed E-state index contributed by atoms with van der Waals surface area (Å²) in [5, 5.41) is 23.9. The maximum absolute atomic E-state index is 16.2. The molecule has 2 bridgehead atoms. The van der Waals surface area contributed by atoms with Crippen LogP contribution in [0.4, 0.5) is 19.4 Å². The van der Waals surface area contributed by atoms with Crippen LogP contribution >= 0.6 is 11.3 Å². The fraction of sp³-hybridized carbons (Fsp3) is 0.591. The lowest BCUT2D eigenvalue weighted by Crippen LogP contribution is -2.55. The van der Waals surface area contributed by atoms with Gasteiger partial charge in [-0.25, -0.2) is 18.6 Å². The summed E-state index contributed by atoms with van der Waals surface area (Å²) < 4.78 is 48.4. The van der Waals surface area contributed by atoms with Gasteiger partial charge in [0.1, 0.15) is 49.0 Å². The van der Waals surface area contributed by atoms with E-state index in [1.807, 2.05) is 4.90 Å². The number of methoxy groups -OCH3 is 1. The third-order valence-corrected chi connectivity index (χ3v) is 21.0. The Balaban J connectivity index is 1.24. The van der Waals surface area contributed by atoms with Gasteiger partial charge in [0, 0.05) is 44.1 Å². The Morgan fingerprint density at radius 1 is 1.03 bits per heavy atom. The topological polar surface area (TPSA) is 134 Å². The molecule has 0 spiro atoms. The highest BCUT2D eigenvalue weighted by molar-refractivity contribution is 7.18. The van der Waals surface area contributed by atoms with E-state index in [4.69, 9.17) is 29.2 Å². The predicted molar refractivity (Wildman–Crippen MR) is 231 cm³/mol. The summed E-state index contributed by atoms with van der Waals surface area (Å²) in [4.78, 5) is 33.2. The molecule has 322 valence electrons. The second-order valence-corrected chi connectivity index (χ2v) is 24.6. The number of aliphatic hydroxyl groups is 1. The average Bonchev–Trinajstić information content (AvgIpc) is 3.95. The van der Waals surface area contributed by atoms with E-state index in [-0.39, 0.29) is 37.1 Å². The number of ether oxygens (including phenoxy) is 3. The van der Waals surface area contributed by atoms with Crippen molar-refractivity contribution in [3.8, 4) is 23.2 Å². The number of rotatable bonds is 12. The van der Waals surface area contributed by atoms with Crippen LogP contribution in [0.5, 0.6) is 11.8 Å². The lowest BCUT2D eigenvalue weighted by Gasteiger charge is -2.40. The van der Waals surface area contributed by atoms with Crippen molar-refractivity contribution in [1.29, 1.82) is 0 Å². The minimum absolute atomic E-state index is 0.0365. The molecule has 2 aromatic carbocycles. The molecule has 0 radical (unpaired) electrons. The van der Waals surface area contributed by atoms with Gasteiger partial charge in [-0.2, -0.15) is 9.97 Å². The van der Waals surface area contributed by atoms with Gasteiger partial charge in [-0.1, -0.05) is 64.9 Å². The van der Waals surface area contributed by atoms with E-state index in [0.29, 0.717) is 85.9 Å². The zero-order valence-corrected chi connectivity index (χ0v) is 37.3. The number of nitrogens with zero attached hydrogens (tertiary/aromatic N) is 6. The second kappa shape index (κ2) is 16.6.